The van der Waals surface area contributed by atoms with Crippen LogP contribution < -0.4 is 4.74 Å². The van der Waals surface area contributed by atoms with E-state index in [1.54, 1.807) is 19.2 Å². The van der Waals surface area contributed by atoms with E-state index in [1.807, 2.05) is 0 Å². The first kappa shape index (κ1) is 16.5. The van der Waals surface area contributed by atoms with Crippen molar-refractivity contribution in [2.24, 2.45) is 0 Å². The summed E-state index contributed by atoms with van der Waals surface area (Å²) in [6.07, 6.45) is 0.780. The van der Waals surface area contributed by atoms with Crippen LogP contribution in [0.5, 0.6) is 5.75 Å². The molecule has 1 aromatic heterocycles. The van der Waals surface area contributed by atoms with Gasteiger partial charge in [0.25, 0.3) is 0 Å². The van der Waals surface area contributed by atoms with Crippen molar-refractivity contribution in [1.29, 1.82) is 0 Å². The van der Waals surface area contributed by atoms with Crippen molar-refractivity contribution in [2.45, 2.75) is 31.2 Å². The van der Waals surface area contributed by atoms with Gasteiger partial charge in [-0.25, -0.2) is 4.98 Å². The van der Waals surface area contributed by atoms with Crippen LogP contribution in [0.15, 0.2) is 12.1 Å². The van der Waals surface area contributed by atoms with Crippen LogP contribution in [-0.2, 0) is 15.1 Å². The van der Waals surface area contributed by atoms with Crippen molar-refractivity contribution in [3.05, 3.63) is 23.0 Å². The lowest BCUT2D eigenvalue weighted by Crippen LogP contribution is -2.30. The minimum absolute atomic E-state index is 0.0841. The minimum atomic E-state index is -1.76. The maximum Gasteiger partial charge on any atom is 0.162 e. The Balaban J connectivity index is 2.13. The second kappa shape index (κ2) is 6.46. The fraction of sp³-hybridized carbons (Fsp3) is 0.643. The molecule has 2 N–H and O–H groups in total. The zero-order valence-electron chi connectivity index (χ0n) is 12.1. The van der Waals surface area contributed by atoms with E-state index >= 15 is 0 Å². The van der Waals surface area contributed by atoms with Crippen LogP contribution in [0.1, 0.15) is 25.5 Å². The van der Waals surface area contributed by atoms with Gasteiger partial charge in [0, 0.05) is 38.7 Å². The Morgan fingerprint density at radius 1 is 1.48 bits per heavy atom. The summed E-state index contributed by atoms with van der Waals surface area (Å²) in [6.45, 7) is 2.48. The Morgan fingerprint density at radius 3 is 2.81 bits per heavy atom. The van der Waals surface area contributed by atoms with Crippen LogP contribution in [0, 0.1) is 0 Å². The fourth-order valence-corrected chi connectivity index (χ4v) is 2.36. The van der Waals surface area contributed by atoms with Crippen molar-refractivity contribution in [3.63, 3.8) is 0 Å². The van der Waals surface area contributed by atoms with E-state index in [2.05, 4.69) is 4.98 Å². The molecule has 7 heteroatoms. The number of hydrogen-bond acceptors (Lipinski definition) is 6. The molecule has 0 aromatic carbocycles. The molecule has 118 valence electrons. The van der Waals surface area contributed by atoms with E-state index in [9.17, 15) is 10.2 Å². The first-order valence-electron chi connectivity index (χ1n) is 6.73. The molecule has 1 fully saturated rings. The number of pyridine rings is 1. The van der Waals surface area contributed by atoms with Crippen LogP contribution in [0.4, 0.5) is 0 Å². The largest absolute Gasteiger partial charge is 0.493 e. The zero-order valence-corrected chi connectivity index (χ0v) is 12.9. The maximum absolute atomic E-state index is 9.26. The second-order valence-corrected chi connectivity index (χ2v) is 5.71. The first-order valence-corrected chi connectivity index (χ1v) is 7.11. The van der Waals surface area contributed by atoms with Gasteiger partial charge >= 0.3 is 0 Å². The van der Waals surface area contributed by atoms with Gasteiger partial charge in [0.2, 0.25) is 0 Å². The molecule has 2 rings (SSSR count). The molecule has 1 aromatic rings. The Bertz CT molecular complexity index is 483. The molecule has 0 bridgehead atoms. The first-order chi connectivity index (χ1) is 9.85. The molecule has 0 spiro atoms. The van der Waals surface area contributed by atoms with Gasteiger partial charge in [0.15, 0.2) is 5.79 Å². The average Bonchev–Trinajstić information content (AvgIpc) is 2.86. The topological polar surface area (TPSA) is 81.0 Å². The molecule has 1 saturated heterocycles. The summed E-state index contributed by atoms with van der Waals surface area (Å²) in [5.74, 6) is -1.25. The molecule has 1 aliphatic heterocycles. The predicted octanol–water partition coefficient (Wildman–Crippen LogP) is 1.47. The predicted molar refractivity (Wildman–Crippen MR) is 76.3 cm³/mol. The van der Waals surface area contributed by atoms with Crippen LogP contribution in [0.3, 0.4) is 0 Å². The van der Waals surface area contributed by atoms with E-state index in [1.165, 1.54) is 6.92 Å². The van der Waals surface area contributed by atoms with Crippen molar-refractivity contribution in [3.8, 4) is 5.75 Å². The average molecular weight is 318 g/mol. The molecule has 1 atom stereocenters. The second-order valence-electron chi connectivity index (χ2n) is 5.33. The molecule has 1 aliphatic rings. The van der Waals surface area contributed by atoms with Gasteiger partial charge in [-0.2, -0.15) is 0 Å². The summed E-state index contributed by atoms with van der Waals surface area (Å²) >= 11 is 6.03. The Morgan fingerprint density at radius 2 is 2.24 bits per heavy atom. The van der Waals surface area contributed by atoms with Gasteiger partial charge in [0.05, 0.1) is 18.9 Å². The van der Waals surface area contributed by atoms with Crippen molar-refractivity contribution < 1.29 is 24.4 Å². The van der Waals surface area contributed by atoms with Gasteiger partial charge in [0.1, 0.15) is 16.5 Å². The van der Waals surface area contributed by atoms with Crippen molar-refractivity contribution in [2.75, 3.05) is 26.9 Å². The highest BCUT2D eigenvalue weighted by atomic mass is 35.5. The minimum Gasteiger partial charge on any atom is -0.493 e. The fourth-order valence-electron chi connectivity index (χ4n) is 2.17. The number of rotatable bonds is 6. The lowest BCUT2D eigenvalue weighted by atomic mass is 9.98. The monoisotopic (exact) mass is 317 g/mol. The Hall–Kier alpha value is -0.920. The summed E-state index contributed by atoms with van der Waals surface area (Å²) in [7, 11) is 1.61. The lowest BCUT2D eigenvalue weighted by Gasteiger charge is -2.25. The summed E-state index contributed by atoms with van der Waals surface area (Å²) in [5, 5.41) is 18.8. The van der Waals surface area contributed by atoms with Gasteiger partial charge in [-0.1, -0.05) is 11.6 Å². The number of nitrogens with zero attached hydrogens (tertiary/aromatic N) is 1. The zero-order chi connectivity index (χ0) is 15.5. The van der Waals surface area contributed by atoms with Crippen LogP contribution >= 0.6 is 11.6 Å². The molecule has 0 unspecified atom stereocenters. The van der Waals surface area contributed by atoms with E-state index in [0.29, 0.717) is 36.2 Å². The number of ether oxygens (including phenoxy) is 3. The molecular weight excluding hydrogens is 298 g/mol. The van der Waals surface area contributed by atoms with Gasteiger partial charge in [-0.15, -0.1) is 0 Å². The summed E-state index contributed by atoms with van der Waals surface area (Å²) in [4.78, 5) is 4.30. The van der Waals surface area contributed by atoms with Crippen LogP contribution in [0.25, 0.3) is 0 Å². The van der Waals surface area contributed by atoms with E-state index in [0.717, 1.165) is 0 Å². The molecule has 6 nitrogen and oxygen atoms in total. The number of methoxy groups -OCH3 is 1. The highest BCUT2D eigenvalue weighted by Gasteiger charge is 2.38. The van der Waals surface area contributed by atoms with Crippen molar-refractivity contribution >= 4 is 11.6 Å². The normalized spacial score (nSPS) is 22.5. The molecular formula is C14H20ClNO5. The summed E-state index contributed by atoms with van der Waals surface area (Å²) in [6, 6.07) is 3.33. The molecule has 2 heterocycles. The molecule has 21 heavy (non-hydrogen) atoms. The highest BCUT2D eigenvalue weighted by molar-refractivity contribution is 6.29. The number of halogens is 1. The van der Waals surface area contributed by atoms with Gasteiger partial charge in [-0.3, -0.25) is 0 Å². The van der Waals surface area contributed by atoms with Crippen molar-refractivity contribution in [1.82, 2.24) is 4.98 Å². The molecule has 0 aliphatic carbocycles. The van der Waals surface area contributed by atoms with Crippen LogP contribution in [0.2, 0.25) is 5.15 Å². The van der Waals surface area contributed by atoms with Gasteiger partial charge < -0.3 is 24.4 Å². The van der Waals surface area contributed by atoms with Crippen LogP contribution in [-0.4, -0.2) is 47.9 Å². The molecule has 0 amide bonds. The quantitative estimate of drug-likeness (QED) is 0.611. The molecule has 0 saturated carbocycles. The van der Waals surface area contributed by atoms with E-state index < -0.39 is 11.4 Å². The highest BCUT2D eigenvalue weighted by Crippen LogP contribution is 2.35. The smallest absolute Gasteiger partial charge is 0.162 e. The third kappa shape index (κ3) is 4.28. The van der Waals surface area contributed by atoms with E-state index in [-0.39, 0.29) is 13.0 Å². The lowest BCUT2D eigenvalue weighted by molar-refractivity contribution is -0.153. The maximum atomic E-state index is 9.26. The number of aliphatic hydroxyl groups is 2. The Kier molecular flexibility index (Phi) is 5.06. The number of hydrogen-bond donors (Lipinski definition) is 2. The van der Waals surface area contributed by atoms with E-state index in [4.69, 9.17) is 25.8 Å². The third-order valence-electron chi connectivity index (χ3n) is 3.45. The number of aromatic nitrogens is 1. The standard InChI is InChI=1S/C14H20ClNO5/c1-13(17,18)3-6-21-10-7-11(16-12(15)8-10)14(19-2)4-5-20-9-14/h7-8,17-18H,3-6,9H2,1-2H3/t14-/m0/s1. The van der Waals surface area contributed by atoms with Gasteiger partial charge in [-0.05, 0) is 6.92 Å². The third-order valence-corrected chi connectivity index (χ3v) is 3.65. The Labute approximate surface area is 128 Å². The summed E-state index contributed by atoms with van der Waals surface area (Å²) < 4.78 is 16.5. The summed E-state index contributed by atoms with van der Waals surface area (Å²) in [5.41, 5.74) is 0.0478. The SMILES string of the molecule is CO[C@@]1(c2cc(OCCC(C)(O)O)cc(Cl)n2)CCOC1. The molecule has 0 radical (unpaired) electrons.